The van der Waals surface area contributed by atoms with Crippen LogP contribution < -0.4 is 4.74 Å². The van der Waals surface area contributed by atoms with Gasteiger partial charge in [-0.15, -0.1) is 0 Å². The second kappa shape index (κ2) is 8.58. The number of rotatable bonds is 7. The zero-order valence-corrected chi connectivity index (χ0v) is 12.4. The van der Waals surface area contributed by atoms with Gasteiger partial charge in [0.25, 0.3) is 0 Å². The van der Waals surface area contributed by atoms with Crippen LogP contribution in [0.2, 0.25) is 0 Å². The zero-order valence-electron chi connectivity index (χ0n) is 10.8. The summed E-state index contributed by atoms with van der Waals surface area (Å²) in [6, 6.07) is 4.84. The quantitative estimate of drug-likeness (QED) is 0.361. The van der Waals surface area contributed by atoms with Gasteiger partial charge in [0.05, 0.1) is 13.7 Å². The van der Waals surface area contributed by atoms with Crippen molar-refractivity contribution in [3.8, 4) is 11.5 Å². The Balaban J connectivity index is 2.49. The Bertz CT molecular complexity index is 443. The SMILES string of the molecule is COc1cc(C=CC(=O)OCCCCBr)ccc1O. The third-order valence-corrected chi connectivity index (χ3v) is 2.95. The van der Waals surface area contributed by atoms with Gasteiger partial charge in [-0.05, 0) is 36.6 Å². The molecule has 1 aromatic rings. The molecule has 0 heterocycles. The number of phenols is 1. The minimum atomic E-state index is -0.374. The molecule has 0 spiro atoms. The van der Waals surface area contributed by atoms with E-state index in [2.05, 4.69) is 15.9 Å². The molecule has 5 heteroatoms. The largest absolute Gasteiger partial charge is 0.504 e. The van der Waals surface area contributed by atoms with E-state index >= 15 is 0 Å². The second-order valence-electron chi connectivity index (χ2n) is 3.83. The number of aromatic hydroxyl groups is 1. The maximum atomic E-state index is 11.4. The van der Waals surface area contributed by atoms with Crippen LogP contribution in [0.1, 0.15) is 18.4 Å². The summed E-state index contributed by atoms with van der Waals surface area (Å²) >= 11 is 3.31. The highest BCUT2D eigenvalue weighted by Gasteiger charge is 2.01. The van der Waals surface area contributed by atoms with Crippen LogP contribution in [0.3, 0.4) is 0 Å². The zero-order chi connectivity index (χ0) is 14.1. The number of alkyl halides is 1. The first kappa shape index (κ1) is 15.6. The number of ether oxygens (including phenoxy) is 2. The first-order valence-electron chi connectivity index (χ1n) is 5.95. The summed E-state index contributed by atoms with van der Waals surface area (Å²) in [5.74, 6) is 0.0615. The van der Waals surface area contributed by atoms with Gasteiger partial charge in [-0.25, -0.2) is 4.79 Å². The van der Waals surface area contributed by atoms with Crippen molar-refractivity contribution in [1.29, 1.82) is 0 Å². The minimum absolute atomic E-state index is 0.0667. The summed E-state index contributed by atoms with van der Waals surface area (Å²) < 4.78 is 10.00. The first-order valence-corrected chi connectivity index (χ1v) is 7.07. The molecular weight excluding hydrogens is 312 g/mol. The predicted octanol–water partition coefficient (Wildman–Crippen LogP) is 3.13. The van der Waals surface area contributed by atoms with E-state index in [0.717, 1.165) is 23.7 Å². The lowest BCUT2D eigenvalue weighted by Crippen LogP contribution is -2.02. The maximum Gasteiger partial charge on any atom is 0.330 e. The van der Waals surface area contributed by atoms with Gasteiger partial charge in [-0.3, -0.25) is 0 Å². The summed E-state index contributed by atoms with van der Waals surface area (Å²) in [5, 5.41) is 10.3. The monoisotopic (exact) mass is 328 g/mol. The van der Waals surface area contributed by atoms with Crippen LogP contribution in [0, 0.1) is 0 Å². The number of esters is 1. The summed E-state index contributed by atoms with van der Waals surface area (Å²) in [6.45, 7) is 0.424. The molecular formula is C14H17BrO4. The van der Waals surface area contributed by atoms with Crippen molar-refractivity contribution in [3.63, 3.8) is 0 Å². The van der Waals surface area contributed by atoms with Crippen LogP contribution in [-0.4, -0.2) is 30.1 Å². The van der Waals surface area contributed by atoms with Gasteiger partial charge in [0, 0.05) is 11.4 Å². The van der Waals surface area contributed by atoms with Gasteiger partial charge < -0.3 is 14.6 Å². The number of unbranched alkanes of at least 4 members (excludes halogenated alkanes) is 1. The molecule has 0 radical (unpaired) electrons. The third kappa shape index (κ3) is 5.79. The predicted molar refractivity (Wildman–Crippen MR) is 77.7 cm³/mol. The van der Waals surface area contributed by atoms with Crippen molar-refractivity contribution < 1.29 is 19.4 Å². The van der Waals surface area contributed by atoms with Crippen LogP contribution >= 0.6 is 15.9 Å². The van der Waals surface area contributed by atoms with Crippen LogP contribution in [0.5, 0.6) is 11.5 Å². The number of phenolic OH excluding ortho intramolecular Hbond substituents is 1. The lowest BCUT2D eigenvalue weighted by Gasteiger charge is -2.03. The second-order valence-corrected chi connectivity index (χ2v) is 4.62. The molecule has 0 amide bonds. The maximum absolute atomic E-state index is 11.4. The van der Waals surface area contributed by atoms with Crippen LogP contribution in [0.4, 0.5) is 0 Å². The van der Waals surface area contributed by atoms with E-state index in [4.69, 9.17) is 9.47 Å². The van der Waals surface area contributed by atoms with Gasteiger partial charge in [0.2, 0.25) is 0 Å². The molecule has 0 aliphatic carbocycles. The lowest BCUT2D eigenvalue weighted by molar-refractivity contribution is -0.137. The third-order valence-electron chi connectivity index (χ3n) is 2.39. The summed E-state index contributed by atoms with van der Waals surface area (Å²) in [5.41, 5.74) is 0.757. The Morgan fingerprint density at radius 1 is 1.42 bits per heavy atom. The van der Waals surface area contributed by atoms with Gasteiger partial charge in [-0.2, -0.15) is 0 Å². The molecule has 0 saturated heterocycles. The van der Waals surface area contributed by atoms with Crippen LogP contribution in [0.15, 0.2) is 24.3 Å². The Morgan fingerprint density at radius 2 is 2.21 bits per heavy atom. The number of hydrogen-bond donors (Lipinski definition) is 1. The molecule has 0 unspecified atom stereocenters. The van der Waals surface area contributed by atoms with Crippen LogP contribution in [0.25, 0.3) is 6.08 Å². The molecule has 1 rings (SSSR count). The molecule has 0 bridgehead atoms. The number of hydrogen-bond acceptors (Lipinski definition) is 4. The highest BCUT2D eigenvalue weighted by Crippen LogP contribution is 2.26. The standard InChI is InChI=1S/C14H17BrO4/c1-18-13-10-11(4-6-12(13)16)5-7-14(17)19-9-3-2-8-15/h4-7,10,16H,2-3,8-9H2,1H3. The molecule has 104 valence electrons. The van der Waals surface area contributed by atoms with E-state index in [1.165, 1.54) is 19.3 Å². The molecule has 0 fully saturated rings. The van der Waals surface area contributed by atoms with Gasteiger partial charge in [-0.1, -0.05) is 22.0 Å². The number of benzene rings is 1. The highest BCUT2D eigenvalue weighted by molar-refractivity contribution is 9.09. The lowest BCUT2D eigenvalue weighted by atomic mass is 10.2. The first-order chi connectivity index (χ1) is 9.17. The Morgan fingerprint density at radius 3 is 2.89 bits per heavy atom. The number of carbonyl (C=O) groups excluding carboxylic acids is 1. The van der Waals surface area contributed by atoms with E-state index in [1.54, 1.807) is 18.2 Å². The fraction of sp³-hybridized carbons (Fsp3) is 0.357. The van der Waals surface area contributed by atoms with E-state index in [9.17, 15) is 9.90 Å². The molecule has 0 aliphatic rings. The molecule has 0 saturated carbocycles. The molecule has 0 aliphatic heterocycles. The molecule has 19 heavy (non-hydrogen) atoms. The van der Waals surface area contributed by atoms with Crippen molar-refractivity contribution in [2.24, 2.45) is 0 Å². The Kier molecular flexibility index (Phi) is 7.03. The van der Waals surface area contributed by atoms with Gasteiger partial charge in [0.15, 0.2) is 11.5 Å². The van der Waals surface area contributed by atoms with Crippen molar-refractivity contribution in [2.75, 3.05) is 19.0 Å². The molecule has 0 aromatic heterocycles. The Labute approximate surface area is 121 Å². The fourth-order valence-electron chi connectivity index (χ4n) is 1.38. The molecule has 0 atom stereocenters. The van der Waals surface area contributed by atoms with Crippen molar-refractivity contribution >= 4 is 28.0 Å². The smallest absolute Gasteiger partial charge is 0.330 e. The summed E-state index contributed by atoms with van der Waals surface area (Å²) in [6.07, 6.45) is 4.80. The molecule has 1 N–H and O–H groups in total. The fourth-order valence-corrected chi connectivity index (χ4v) is 1.78. The number of methoxy groups -OCH3 is 1. The topological polar surface area (TPSA) is 55.8 Å². The van der Waals surface area contributed by atoms with Crippen molar-refractivity contribution in [3.05, 3.63) is 29.8 Å². The summed E-state index contributed by atoms with van der Waals surface area (Å²) in [4.78, 5) is 11.4. The average Bonchev–Trinajstić information content (AvgIpc) is 2.42. The number of carbonyl (C=O) groups is 1. The van der Waals surface area contributed by atoms with Gasteiger partial charge in [0.1, 0.15) is 0 Å². The minimum Gasteiger partial charge on any atom is -0.504 e. The van der Waals surface area contributed by atoms with Crippen LogP contribution in [-0.2, 0) is 9.53 Å². The Hall–Kier alpha value is -1.49. The van der Waals surface area contributed by atoms with E-state index in [-0.39, 0.29) is 11.7 Å². The van der Waals surface area contributed by atoms with E-state index in [1.807, 2.05) is 0 Å². The van der Waals surface area contributed by atoms with Gasteiger partial charge >= 0.3 is 5.97 Å². The van der Waals surface area contributed by atoms with E-state index in [0.29, 0.717) is 12.4 Å². The molecule has 1 aromatic carbocycles. The number of halogens is 1. The average molecular weight is 329 g/mol. The highest BCUT2D eigenvalue weighted by atomic mass is 79.9. The van der Waals surface area contributed by atoms with Crippen molar-refractivity contribution in [2.45, 2.75) is 12.8 Å². The summed E-state index contributed by atoms with van der Waals surface area (Å²) in [7, 11) is 1.47. The van der Waals surface area contributed by atoms with Crippen molar-refractivity contribution in [1.82, 2.24) is 0 Å². The molecule has 4 nitrogen and oxygen atoms in total. The van der Waals surface area contributed by atoms with E-state index < -0.39 is 0 Å². The normalized spacial score (nSPS) is 10.6.